The number of hydrogen-bond donors (Lipinski definition) is 1. The molecule has 0 aliphatic heterocycles. The van der Waals surface area contributed by atoms with E-state index in [9.17, 15) is 18.0 Å². The number of amides is 1. The fourth-order valence-electron chi connectivity index (χ4n) is 2.05. The number of ketones is 1. The lowest BCUT2D eigenvalue weighted by atomic mass is 10.2. The Morgan fingerprint density at radius 1 is 1.33 bits per heavy atom. The molecule has 0 fully saturated rings. The zero-order chi connectivity index (χ0) is 15.8. The number of fused-ring (bicyclic) bond motifs is 1. The first-order valence-electron chi connectivity index (χ1n) is 6.22. The summed E-state index contributed by atoms with van der Waals surface area (Å²) in [5.41, 5.74) is 5.93. The molecule has 112 valence electrons. The SMILES string of the molecule is CC(=O)C(C)n1c(S(=O)(=O)CC(N)=O)nc2ccccc21. The van der Waals surface area contributed by atoms with Gasteiger partial charge in [0.2, 0.25) is 20.9 Å². The largest absolute Gasteiger partial charge is 0.369 e. The van der Waals surface area contributed by atoms with Gasteiger partial charge in [-0.15, -0.1) is 0 Å². The van der Waals surface area contributed by atoms with Gasteiger partial charge in [-0.05, 0) is 26.0 Å². The van der Waals surface area contributed by atoms with Crippen molar-refractivity contribution < 1.29 is 18.0 Å². The van der Waals surface area contributed by atoms with Crippen molar-refractivity contribution in [3.63, 3.8) is 0 Å². The highest BCUT2D eigenvalue weighted by Gasteiger charge is 2.29. The number of sulfone groups is 1. The maximum absolute atomic E-state index is 12.3. The highest BCUT2D eigenvalue weighted by molar-refractivity contribution is 7.92. The Hall–Kier alpha value is -2.22. The predicted molar refractivity (Wildman–Crippen MR) is 76.4 cm³/mol. The molecular formula is C13H15N3O4S. The van der Waals surface area contributed by atoms with Crippen LogP contribution in [0.4, 0.5) is 0 Å². The number of carbonyl (C=O) groups is 2. The van der Waals surface area contributed by atoms with Crippen molar-refractivity contribution in [1.29, 1.82) is 0 Å². The van der Waals surface area contributed by atoms with Crippen molar-refractivity contribution in [1.82, 2.24) is 9.55 Å². The first kappa shape index (κ1) is 15.2. The third-order valence-corrected chi connectivity index (χ3v) is 4.66. The molecule has 1 unspecified atom stereocenters. The van der Waals surface area contributed by atoms with Gasteiger partial charge in [-0.25, -0.2) is 13.4 Å². The Morgan fingerprint density at radius 2 is 1.95 bits per heavy atom. The molecule has 2 N–H and O–H groups in total. The lowest BCUT2D eigenvalue weighted by Gasteiger charge is -2.14. The van der Waals surface area contributed by atoms with E-state index in [0.717, 1.165) is 0 Å². The number of carbonyl (C=O) groups excluding carboxylic acids is 2. The quantitative estimate of drug-likeness (QED) is 0.861. The highest BCUT2D eigenvalue weighted by atomic mass is 32.2. The number of Topliss-reactive ketones (excluding diaryl/α,β-unsaturated/α-hetero) is 1. The summed E-state index contributed by atoms with van der Waals surface area (Å²) in [6.45, 7) is 2.95. The van der Waals surface area contributed by atoms with Crippen molar-refractivity contribution in [2.24, 2.45) is 5.73 Å². The molecule has 2 rings (SSSR count). The van der Waals surface area contributed by atoms with Crippen molar-refractivity contribution in [2.75, 3.05) is 5.75 Å². The molecule has 8 heteroatoms. The number of hydrogen-bond acceptors (Lipinski definition) is 5. The molecule has 0 aliphatic carbocycles. The number of para-hydroxylation sites is 2. The van der Waals surface area contributed by atoms with Crippen LogP contribution in [0.5, 0.6) is 0 Å². The van der Waals surface area contributed by atoms with Gasteiger partial charge >= 0.3 is 0 Å². The molecule has 0 aliphatic rings. The smallest absolute Gasteiger partial charge is 0.233 e. The number of imidazole rings is 1. The lowest BCUT2D eigenvalue weighted by molar-refractivity contribution is -0.119. The van der Waals surface area contributed by atoms with Gasteiger partial charge in [-0.2, -0.15) is 0 Å². The van der Waals surface area contributed by atoms with Gasteiger partial charge in [-0.1, -0.05) is 12.1 Å². The molecule has 2 aromatic rings. The maximum atomic E-state index is 12.3. The standard InChI is InChI=1S/C13H15N3O4S/c1-8(9(2)17)16-11-6-4-3-5-10(11)15-13(16)21(19,20)7-12(14)18/h3-6,8H,7H2,1-2H3,(H2,14,18). The summed E-state index contributed by atoms with van der Waals surface area (Å²) in [4.78, 5) is 26.7. The lowest BCUT2D eigenvalue weighted by Crippen LogP contribution is -2.27. The van der Waals surface area contributed by atoms with E-state index in [-0.39, 0.29) is 10.9 Å². The molecule has 0 saturated carbocycles. The van der Waals surface area contributed by atoms with Crippen LogP contribution < -0.4 is 5.73 Å². The summed E-state index contributed by atoms with van der Waals surface area (Å²) < 4.78 is 25.9. The second-order valence-corrected chi connectivity index (χ2v) is 6.65. The highest BCUT2D eigenvalue weighted by Crippen LogP contribution is 2.25. The van der Waals surface area contributed by atoms with E-state index in [1.165, 1.54) is 11.5 Å². The van der Waals surface area contributed by atoms with Gasteiger partial charge in [0.1, 0.15) is 5.75 Å². The third kappa shape index (κ3) is 2.80. The zero-order valence-electron chi connectivity index (χ0n) is 11.6. The fourth-order valence-corrected chi connectivity index (χ4v) is 3.35. The van der Waals surface area contributed by atoms with Crippen molar-refractivity contribution >= 4 is 32.6 Å². The molecule has 1 heterocycles. The van der Waals surface area contributed by atoms with Crippen LogP contribution in [0.15, 0.2) is 29.4 Å². The number of aromatic nitrogens is 2. The van der Waals surface area contributed by atoms with Crippen LogP contribution in [0.3, 0.4) is 0 Å². The fraction of sp³-hybridized carbons (Fsp3) is 0.308. The summed E-state index contributed by atoms with van der Waals surface area (Å²) in [5.74, 6) is -2.03. The molecule has 0 bridgehead atoms. The normalized spacial score (nSPS) is 13.2. The van der Waals surface area contributed by atoms with Gasteiger partial charge in [0, 0.05) is 0 Å². The van der Waals surface area contributed by atoms with Crippen LogP contribution in [0.1, 0.15) is 19.9 Å². The Labute approximate surface area is 121 Å². The van der Waals surface area contributed by atoms with Gasteiger partial charge in [0.05, 0.1) is 17.1 Å². The van der Waals surface area contributed by atoms with Gasteiger partial charge in [0.15, 0.2) is 5.78 Å². The third-order valence-electron chi connectivity index (χ3n) is 3.15. The van der Waals surface area contributed by atoms with Crippen LogP contribution in [0.2, 0.25) is 0 Å². The molecular weight excluding hydrogens is 294 g/mol. The maximum Gasteiger partial charge on any atom is 0.233 e. The summed E-state index contributed by atoms with van der Waals surface area (Å²) in [6.07, 6.45) is 0. The molecule has 0 saturated heterocycles. The van der Waals surface area contributed by atoms with E-state index in [4.69, 9.17) is 5.73 Å². The number of rotatable bonds is 5. The van der Waals surface area contributed by atoms with Crippen LogP contribution in [0.25, 0.3) is 11.0 Å². The average molecular weight is 309 g/mol. The first-order chi connectivity index (χ1) is 9.74. The van der Waals surface area contributed by atoms with E-state index in [1.54, 1.807) is 31.2 Å². The van der Waals surface area contributed by atoms with Crippen molar-refractivity contribution in [3.8, 4) is 0 Å². The minimum Gasteiger partial charge on any atom is -0.369 e. The monoisotopic (exact) mass is 309 g/mol. The van der Waals surface area contributed by atoms with Gasteiger partial charge in [-0.3, -0.25) is 9.59 Å². The van der Waals surface area contributed by atoms with Crippen LogP contribution in [-0.2, 0) is 19.4 Å². The number of nitrogens with zero attached hydrogens (tertiary/aromatic N) is 2. The number of benzene rings is 1. The molecule has 21 heavy (non-hydrogen) atoms. The Morgan fingerprint density at radius 3 is 2.52 bits per heavy atom. The molecule has 0 spiro atoms. The average Bonchev–Trinajstić information content (AvgIpc) is 2.76. The van der Waals surface area contributed by atoms with Crippen molar-refractivity contribution in [2.45, 2.75) is 25.0 Å². The van der Waals surface area contributed by atoms with E-state index in [0.29, 0.717) is 11.0 Å². The van der Waals surface area contributed by atoms with Crippen LogP contribution in [-0.4, -0.2) is 35.4 Å². The molecule has 1 atom stereocenters. The molecule has 7 nitrogen and oxygen atoms in total. The Bertz CT molecular complexity index is 823. The second kappa shape index (κ2) is 5.28. The minimum absolute atomic E-state index is 0.214. The van der Waals surface area contributed by atoms with Gasteiger partial charge in [0.25, 0.3) is 0 Å². The molecule has 0 radical (unpaired) electrons. The zero-order valence-corrected chi connectivity index (χ0v) is 12.4. The summed E-state index contributed by atoms with van der Waals surface area (Å²) in [6, 6.07) is 6.03. The number of primary amides is 1. The van der Waals surface area contributed by atoms with E-state index in [1.807, 2.05) is 0 Å². The Balaban J connectivity index is 2.77. The van der Waals surface area contributed by atoms with E-state index in [2.05, 4.69) is 4.98 Å². The van der Waals surface area contributed by atoms with E-state index >= 15 is 0 Å². The second-order valence-electron chi connectivity index (χ2n) is 4.77. The molecule has 1 amide bonds. The topological polar surface area (TPSA) is 112 Å². The molecule has 1 aromatic carbocycles. The Kier molecular flexibility index (Phi) is 3.82. The molecule has 1 aromatic heterocycles. The van der Waals surface area contributed by atoms with Crippen LogP contribution >= 0.6 is 0 Å². The minimum atomic E-state index is -4.01. The van der Waals surface area contributed by atoms with E-state index < -0.39 is 27.5 Å². The van der Waals surface area contributed by atoms with Crippen LogP contribution in [0, 0.1) is 0 Å². The summed E-state index contributed by atoms with van der Waals surface area (Å²) in [5, 5.41) is -0.315. The van der Waals surface area contributed by atoms with Crippen molar-refractivity contribution in [3.05, 3.63) is 24.3 Å². The summed E-state index contributed by atoms with van der Waals surface area (Å²) in [7, 11) is -4.01. The summed E-state index contributed by atoms with van der Waals surface area (Å²) >= 11 is 0. The number of nitrogens with two attached hydrogens (primary N) is 1. The predicted octanol–water partition coefficient (Wildman–Crippen LogP) is 0.445. The first-order valence-corrected chi connectivity index (χ1v) is 7.87. The van der Waals surface area contributed by atoms with Gasteiger partial charge < -0.3 is 10.3 Å².